The molecule has 0 atom stereocenters. The zero-order valence-corrected chi connectivity index (χ0v) is 11.0. The lowest BCUT2D eigenvalue weighted by Gasteiger charge is -2.27. The van der Waals surface area contributed by atoms with Crippen molar-refractivity contribution < 1.29 is 9.90 Å². The van der Waals surface area contributed by atoms with Crippen molar-refractivity contribution in [3.05, 3.63) is 28.5 Å². The number of nitrogens with one attached hydrogen (secondary N) is 1. The van der Waals surface area contributed by atoms with Crippen molar-refractivity contribution in [2.24, 2.45) is 0 Å². The summed E-state index contributed by atoms with van der Waals surface area (Å²) in [6.45, 7) is 0.000170. The molecule has 1 aromatic heterocycles. The molecule has 1 amide bonds. The van der Waals surface area contributed by atoms with Gasteiger partial charge in [-0.3, -0.25) is 9.78 Å². The normalized spacial score (nSPS) is 18.0. The van der Waals surface area contributed by atoms with E-state index in [1.165, 1.54) is 6.20 Å². The van der Waals surface area contributed by atoms with E-state index in [2.05, 4.69) is 26.2 Å². The van der Waals surface area contributed by atoms with E-state index in [4.69, 9.17) is 0 Å². The lowest BCUT2D eigenvalue weighted by molar-refractivity contribution is 0.0838. The van der Waals surface area contributed by atoms with E-state index in [0.29, 0.717) is 5.56 Å². The van der Waals surface area contributed by atoms with Crippen LogP contribution in [0.5, 0.6) is 0 Å². The summed E-state index contributed by atoms with van der Waals surface area (Å²) < 4.78 is 0.773. The average molecular weight is 299 g/mol. The minimum Gasteiger partial charge on any atom is -0.394 e. The summed E-state index contributed by atoms with van der Waals surface area (Å²) in [5, 5.41) is 12.4. The van der Waals surface area contributed by atoms with E-state index in [-0.39, 0.29) is 12.5 Å². The first-order chi connectivity index (χ1) is 8.15. The zero-order valence-electron chi connectivity index (χ0n) is 9.45. The molecule has 1 aromatic rings. The molecule has 1 heterocycles. The Morgan fingerprint density at radius 3 is 2.76 bits per heavy atom. The second-order valence-corrected chi connectivity index (χ2v) is 5.41. The summed E-state index contributed by atoms with van der Waals surface area (Å²) in [5.74, 6) is -0.172. The lowest BCUT2D eigenvalue weighted by atomic mass is 9.98. The molecular weight excluding hydrogens is 284 g/mol. The largest absolute Gasteiger partial charge is 0.394 e. The van der Waals surface area contributed by atoms with Gasteiger partial charge in [-0.2, -0.15) is 0 Å². The van der Waals surface area contributed by atoms with Crippen LogP contribution < -0.4 is 5.32 Å². The maximum absolute atomic E-state index is 12.0. The molecule has 4 nitrogen and oxygen atoms in total. The third-order valence-electron chi connectivity index (χ3n) is 3.21. The number of aromatic nitrogens is 1. The molecule has 0 aliphatic heterocycles. The first kappa shape index (κ1) is 12.5. The van der Waals surface area contributed by atoms with Crippen molar-refractivity contribution in [2.45, 2.75) is 31.2 Å². The Kier molecular flexibility index (Phi) is 3.79. The molecule has 1 saturated carbocycles. The molecule has 92 valence electrons. The number of halogens is 1. The minimum absolute atomic E-state index is 0.000170. The minimum atomic E-state index is -0.431. The topological polar surface area (TPSA) is 62.2 Å². The molecule has 1 aliphatic carbocycles. The fourth-order valence-electron chi connectivity index (χ4n) is 2.22. The van der Waals surface area contributed by atoms with E-state index in [0.717, 1.165) is 30.2 Å². The van der Waals surface area contributed by atoms with Crippen LogP contribution in [0, 0.1) is 0 Å². The van der Waals surface area contributed by atoms with E-state index in [1.54, 1.807) is 12.3 Å². The van der Waals surface area contributed by atoms with Crippen LogP contribution in [-0.4, -0.2) is 28.1 Å². The van der Waals surface area contributed by atoms with Gasteiger partial charge in [0, 0.05) is 16.9 Å². The summed E-state index contributed by atoms with van der Waals surface area (Å²) in [6, 6.07) is 1.72. The maximum Gasteiger partial charge on any atom is 0.253 e. The van der Waals surface area contributed by atoms with Crippen LogP contribution >= 0.6 is 15.9 Å². The molecule has 0 aromatic carbocycles. The number of hydrogen-bond acceptors (Lipinski definition) is 3. The number of carbonyl (C=O) groups is 1. The fraction of sp³-hybridized carbons (Fsp3) is 0.500. The number of hydrogen-bond donors (Lipinski definition) is 2. The Morgan fingerprint density at radius 1 is 1.47 bits per heavy atom. The van der Waals surface area contributed by atoms with Crippen molar-refractivity contribution in [1.29, 1.82) is 0 Å². The van der Waals surface area contributed by atoms with Crippen molar-refractivity contribution in [3.63, 3.8) is 0 Å². The molecule has 0 unspecified atom stereocenters. The Labute approximate surface area is 109 Å². The van der Waals surface area contributed by atoms with Crippen LogP contribution in [0.4, 0.5) is 0 Å². The molecular formula is C12H15BrN2O2. The van der Waals surface area contributed by atoms with E-state index < -0.39 is 5.54 Å². The highest BCUT2D eigenvalue weighted by molar-refractivity contribution is 9.10. The smallest absolute Gasteiger partial charge is 0.253 e. The molecule has 0 radical (unpaired) electrons. The molecule has 2 rings (SSSR count). The van der Waals surface area contributed by atoms with Gasteiger partial charge in [0.2, 0.25) is 0 Å². The number of aliphatic hydroxyl groups is 1. The van der Waals surface area contributed by atoms with Crippen LogP contribution in [0.15, 0.2) is 22.9 Å². The van der Waals surface area contributed by atoms with Crippen LogP contribution in [0.3, 0.4) is 0 Å². The van der Waals surface area contributed by atoms with E-state index >= 15 is 0 Å². The van der Waals surface area contributed by atoms with Gasteiger partial charge in [-0.1, -0.05) is 12.8 Å². The standard InChI is InChI=1S/C12H15BrN2O2/c13-10-5-9(6-14-7-10)11(17)15-12(8-16)3-1-2-4-12/h5-7,16H,1-4,8H2,(H,15,17). The summed E-state index contributed by atoms with van der Waals surface area (Å²) in [7, 11) is 0. The van der Waals surface area contributed by atoms with Gasteiger partial charge in [0.1, 0.15) is 0 Å². The Morgan fingerprint density at radius 2 is 2.18 bits per heavy atom. The molecule has 0 bridgehead atoms. The number of pyridine rings is 1. The van der Waals surface area contributed by atoms with Crippen LogP contribution in [0.25, 0.3) is 0 Å². The van der Waals surface area contributed by atoms with Crippen LogP contribution in [-0.2, 0) is 0 Å². The molecule has 1 aliphatic rings. The number of rotatable bonds is 3. The second-order valence-electron chi connectivity index (χ2n) is 4.49. The van der Waals surface area contributed by atoms with Gasteiger partial charge >= 0.3 is 0 Å². The quantitative estimate of drug-likeness (QED) is 0.896. The Balaban J connectivity index is 2.11. The number of amides is 1. The molecule has 1 fully saturated rings. The number of nitrogens with zero attached hydrogens (tertiary/aromatic N) is 1. The van der Waals surface area contributed by atoms with Gasteiger partial charge in [-0.05, 0) is 34.8 Å². The first-order valence-corrected chi connectivity index (χ1v) is 6.48. The zero-order chi connectivity index (χ0) is 12.3. The SMILES string of the molecule is O=C(NC1(CO)CCCC1)c1cncc(Br)c1. The van der Waals surface area contributed by atoms with Crippen LogP contribution in [0.2, 0.25) is 0 Å². The van der Waals surface area contributed by atoms with Crippen molar-refractivity contribution >= 4 is 21.8 Å². The van der Waals surface area contributed by atoms with Gasteiger partial charge in [-0.15, -0.1) is 0 Å². The Hall–Kier alpha value is -0.940. The molecule has 0 saturated heterocycles. The van der Waals surface area contributed by atoms with Gasteiger partial charge in [-0.25, -0.2) is 0 Å². The van der Waals surface area contributed by atoms with E-state index in [1.807, 2.05) is 0 Å². The van der Waals surface area contributed by atoms with Gasteiger partial charge < -0.3 is 10.4 Å². The van der Waals surface area contributed by atoms with Gasteiger partial charge in [0.05, 0.1) is 17.7 Å². The highest BCUT2D eigenvalue weighted by Crippen LogP contribution is 2.29. The summed E-state index contributed by atoms with van der Waals surface area (Å²) >= 11 is 3.28. The van der Waals surface area contributed by atoms with E-state index in [9.17, 15) is 9.90 Å². The van der Waals surface area contributed by atoms with Crippen molar-refractivity contribution in [3.8, 4) is 0 Å². The molecule has 5 heteroatoms. The highest BCUT2D eigenvalue weighted by Gasteiger charge is 2.34. The van der Waals surface area contributed by atoms with Crippen molar-refractivity contribution in [2.75, 3.05) is 6.61 Å². The van der Waals surface area contributed by atoms with Crippen molar-refractivity contribution in [1.82, 2.24) is 10.3 Å². The third-order valence-corrected chi connectivity index (χ3v) is 3.64. The van der Waals surface area contributed by atoms with Crippen LogP contribution in [0.1, 0.15) is 36.0 Å². The number of aliphatic hydroxyl groups excluding tert-OH is 1. The lowest BCUT2D eigenvalue weighted by Crippen LogP contribution is -2.49. The maximum atomic E-state index is 12.0. The monoisotopic (exact) mass is 298 g/mol. The average Bonchev–Trinajstić information content (AvgIpc) is 2.78. The molecule has 17 heavy (non-hydrogen) atoms. The van der Waals surface area contributed by atoms with Gasteiger partial charge in [0.25, 0.3) is 5.91 Å². The fourth-order valence-corrected chi connectivity index (χ4v) is 2.59. The number of carbonyl (C=O) groups excluding carboxylic acids is 1. The first-order valence-electron chi connectivity index (χ1n) is 5.69. The summed E-state index contributed by atoms with van der Waals surface area (Å²) in [4.78, 5) is 16.0. The van der Waals surface area contributed by atoms with Gasteiger partial charge in [0.15, 0.2) is 0 Å². The Bertz CT molecular complexity index is 417. The predicted octanol–water partition coefficient (Wildman–Crippen LogP) is 1.88. The summed E-state index contributed by atoms with van der Waals surface area (Å²) in [6.07, 6.45) is 6.96. The third kappa shape index (κ3) is 2.84. The second kappa shape index (κ2) is 5.14. The highest BCUT2D eigenvalue weighted by atomic mass is 79.9. The molecule has 2 N–H and O–H groups in total. The molecule has 0 spiro atoms. The predicted molar refractivity (Wildman–Crippen MR) is 67.7 cm³/mol. The summed E-state index contributed by atoms with van der Waals surface area (Å²) in [5.41, 5.74) is 0.0819.